The number of benzene rings is 1. The number of aromatic nitrogens is 2. The molecule has 1 fully saturated rings. The van der Waals surface area contributed by atoms with Gasteiger partial charge in [0, 0.05) is 19.0 Å². The third-order valence-corrected chi connectivity index (χ3v) is 5.16. The van der Waals surface area contributed by atoms with E-state index in [1.54, 1.807) is 4.68 Å². The van der Waals surface area contributed by atoms with Crippen LogP contribution in [-0.2, 0) is 26.9 Å². The summed E-state index contributed by atoms with van der Waals surface area (Å²) in [4.78, 5) is 26.8. The second kappa shape index (κ2) is 8.07. The monoisotopic (exact) mass is 436 g/mol. The number of carbonyl (C=O) groups excluding carboxylic acids is 2. The molecule has 2 amide bonds. The van der Waals surface area contributed by atoms with Crippen LogP contribution >= 0.6 is 11.6 Å². The number of rotatable bonds is 3. The topological polar surface area (TPSA) is 85.7 Å². The van der Waals surface area contributed by atoms with Crippen LogP contribution in [-0.4, -0.2) is 58.1 Å². The maximum Gasteiger partial charge on any atom is 0.410 e. The van der Waals surface area contributed by atoms with Gasteiger partial charge < -0.3 is 19.7 Å². The largest absolute Gasteiger partial charge is 0.444 e. The molecule has 1 aromatic heterocycles. The van der Waals surface area contributed by atoms with Crippen LogP contribution in [0.1, 0.15) is 40.3 Å². The zero-order valence-corrected chi connectivity index (χ0v) is 19.0. The van der Waals surface area contributed by atoms with Gasteiger partial charge >= 0.3 is 6.09 Å². The van der Waals surface area contributed by atoms with Crippen LogP contribution in [0.2, 0.25) is 5.02 Å². The Balaban J connectivity index is 1.75. The van der Waals surface area contributed by atoms with Gasteiger partial charge in [-0.2, -0.15) is 5.10 Å². The van der Waals surface area contributed by atoms with Crippen LogP contribution in [0.15, 0.2) is 18.2 Å². The normalized spacial score (nSPS) is 17.8. The predicted octanol–water partition coefficient (Wildman–Crippen LogP) is 3.21. The van der Waals surface area contributed by atoms with Crippen LogP contribution in [0.4, 0.5) is 4.79 Å². The molecule has 0 spiro atoms. The minimum atomic E-state index is -0.788. The summed E-state index contributed by atoms with van der Waals surface area (Å²) in [5.74, 6) is -0.311. The Kier molecular flexibility index (Phi) is 6.02. The third-order valence-electron chi connectivity index (χ3n) is 4.85. The molecule has 1 aliphatic rings. The SMILES string of the molecule is Cn1nc(C(C)(C)NC(=O)[C@@H]2CN(C(=O)OC(C)(C)C)CCO2)c2cccc(Cl)c21. The van der Waals surface area contributed by atoms with Gasteiger partial charge in [0.25, 0.3) is 5.91 Å². The average molecular weight is 437 g/mol. The Morgan fingerprint density at radius 3 is 2.63 bits per heavy atom. The Morgan fingerprint density at radius 2 is 1.97 bits per heavy atom. The summed E-state index contributed by atoms with van der Waals surface area (Å²) in [6.07, 6.45) is -1.24. The fourth-order valence-electron chi connectivity index (χ4n) is 3.50. The molecule has 0 aliphatic carbocycles. The van der Waals surface area contributed by atoms with E-state index < -0.39 is 23.3 Å². The van der Waals surface area contributed by atoms with Gasteiger partial charge in [0.15, 0.2) is 6.10 Å². The van der Waals surface area contributed by atoms with Gasteiger partial charge in [0.2, 0.25) is 0 Å². The maximum atomic E-state index is 13.0. The van der Waals surface area contributed by atoms with Gasteiger partial charge in [-0.1, -0.05) is 23.7 Å². The lowest BCUT2D eigenvalue weighted by Crippen LogP contribution is -2.55. The first-order chi connectivity index (χ1) is 13.9. The van der Waals surface area contributed by atoms with Crippen LogP contribution in [0, 0.1) is 0 Å². The lowest BCUT2D eigenvalue weighted by Gasteiger charge is -2.35. The molecule has 2 heterocycles. The summed E-state index contributed by atoms with van der Waals surface area (Å²) in [5.41, 5.74) is 0.132. The number of amides is 2. The van der Waals surface area contributed by atoms with Crippen LogP contribution in [0.25, 0.3) is 10.9 Å². The maximum absolute atomic E-state index is 13.0. The summed E-state index contributed by atoms with van der Waals surface area (Å²) in [5, 5.41) is 9.08. The first kappa shape index (κ1) is 22.4. The minimum absolute atomic E-state index is 0.131. The third kappa shape index (κ3) is 4.70. The van der Waals surface area contributed by atoms with Crippen molar-refractivity contribution in [2.45, 2.75) is 51.9 Å². The number of hydrogen-bond donors (Lipinski definition) is 1. The molecule has 30 heavy (non-hydrogen) atoms. The number of aryl methyl sites for hydroxylation is 1. The van der Waals surface area contributed by atoms with E-state index in [1.165, 1.54) is 4.90 Å². The van der Waals surface area contributed by atoms with Gasteiger partial charge in [-0.05, 0) is 40.7 Å². The quantitative estimate of drug-likeness (QED) is 0.798. The van der Waals surface area contributed by atoms with E-state index in [2.05, 4.69) is 10.4 Å². The summed E-state index contributed by atoms with van der Waals surface area (Å²) < 4.78 is 12.8. The molecule has 164 valence electrons. The number of hydrogen-bond acceptors (Lipinski definition) is 5. The Labute approximate surface area is 181 Å². The highest BCUT2D eigenvalue weighted by Gasteiger charge is 2.36. The Hall–Kier alpha value is -2.32. The highest BCUT2D eigenvalue weighted by molar-refractivity contribution is 6.35. The lowest BCUT2D eigenvalue weighted by atomic mass is 9.96. The number of carbonyl (C=O) groups is 2. The summed E-state index contributed by atoms with van der Waals surface area (Å²) in [7, 11) is 1.82. The van der Waals surface area contributed by atoms with Gasteiger partial charge in [-0.3, -0.25) is 9.48 Å². The van der Waals surface area contributed by atoms with Crippen molar-refractivity contribution in [3.63, 3.8) is 0 Å². The number of halogens is 1. The van der Waals surface area contributed by atoms with Crippen molar-refractivity contribution in [1.82, 2.24) is 20.0 Å². The molecule has 1 N–H and O–H groups in total. The molecule has 9 heteroatoms. The highest BCUT2D eigenvalue weighted by Crippen LogP contribution is 2.31. The van der Waals surface area contributed by atoms with Gasteiger partial charge in [0.05, 0.1) is 34.9 Å². The average Bonchev–Trinajstić information content (AvgIpc) is 2.99. The highest BCUT2D eigenvalue weighted by atomic mass is 35.5. The van der Waals surface area contributed by atoms with Crippen molar-refractivity contribution < 1.29 is 19.1 Å². The van der Waals surface area contributed by atoms with E-state index in [9.17, 15) is 9.59 Å². The van der Waals surface area contributed by atoms with E-state index >= 15 is 0 Å². The molecule has 0 unspecified atom stereocenters. The van der Waals surface area contributed by atoms with Gasteiger partial charge in [-0.15, -0.1) is 0 Å². The summed E-state index contributed by atoms with van der Waals surface area (Å²) in [6.45, 7) is 9.95. The molecule has 0 radical (unpaired) electrons. The second-order valence-electron chi connectivity index (χ2n) is 9.01. The first-order valence-corrected chi connectivity index (χ1v) is 10.3. The minimum Gasteiger partial charge on any atom is -0.444 e. The van der Waals surface area contributed by atoms with Crippen molar-refractivity contribution in [1.29, 1.82) is 0 Å². The van der Waals surface area contributed by atoms with E-state index in [0.29, 0.717) is 17.3 Å². The van der Waals surface area contributed by atoms with Crippen molar-refractivity contribution in [2.24, 2.45) is 7.05 Å². The first-order valence-electron chi connectivity index (χ1n) is 9.92. The van der Waals surface area contributed by atoms with Crippen molar-refractivity contribution in [2.75, 3.05) is 19.7 Å². The predicted molar refractivity (Wildman–Crippen MR) is 114 cm³/mol. The number of para-hydroxylation sites is 1. The fraction of sp³-hybridized carbons (Fsp3) is 0.571. The fourth-order valence-corrected chi connectivity index (χ4v) is 3.80. The van der Waals surface area contributed by atoms with E-state index in [0.717, 1.165) is 10.9 Å². The van der Waals surface area contributed by atoms with Crippen LogP contribution in [0.5, 0.6) is 0 Å². The number of nitrogens with one attached hydrogen (secondary N) is 1. The number of fused-ring (bicyclic) bond motifs is 1. The van der Waals surface area contributed by atoms with Crippen molar-refractivity contribution >= 4 is 34.5 Å². The molecular weight excluding hydrogens is 408 g/mol. The van der Waals surface area contributed by atoms with Crippen LogP contribution < -0.4 is 5.32 Å². The van der Waals surface area contributed by atoms with Crippen LogP contribution in [0.3, 0.4) is 0 Å². The molecule has 3 rings (SSSR count). The standard InChI is InChI=1S/C21H29ClN4O4/c1-20(2,3)30-19(28)26-10-11-29-15(12-26)18(27)23-21(4,5)17-13-8-7-9-14(22)16(13)25(6)24-17/h7-9,15H,10-12H2,1-6H3,(H,23,27)/t15-/m0/s1. The molecule has 0 bridgehead atoms. The summed E-state index contributed by atoms with van der Waals surface area (Å²) in [6, 6.07) is 5.59. The van der Waals surface area contributed by atoms with Gasteiger partial charge in [0.1, 0.15) is 5.60 Å². The number of morpholine rings is 1. The lowest BCUT2D eigenvalue weighted by molar-refractivity contribution is -0.139. The molecule has 2 aromatic rings. The molecule has 1 saturated heterocycles. The Morgan fingerprint density at radius 1 is 1.27 bits per heavy atom. The molecule has 1 atom stereocenters. The molecular formula is C21H29ClN4O4. The van der Waals surface area contributed by atoms with Gasteiger partial charge in [-0.25, -0.2) is 4.79 Å². The molecule has 0 saturated carbocycles. The second-order valence-corrected chi connectivity index (χ2v) is 9.42. The van der Waals surface area contributed by atoms with E-state index in [-0.39, 0.29) is 19.1 Å². The van der Waals surface area contributed by atoms with Crippen molar-refractivity contribution in [3.8, 4) is 0 Å². The molecule has 8 nitrogen and oxygen atoms in total. The summed E-state index contributed by atoms with van der Waals surface area (Å²) >= 11 is 6.33. The Bertz CT molecular complexity index is 964. The molecule has 1 aliphatic heterocycles. The van der Waals surface area contributed by atoms with E-state index in [1.807, 2.05) is 59.9 Å². The number of nitrogens with zero attached hydrogens (tertiary/aromatic N) is 3. The zero-order valence-electron chi connectivity index (χ0n) is 18.3. The smallest absolute Gasteiger partial charge is 0.410 e. The zero-order chi connectivity index (χ0) is 22.3. The number of ether oxygens (including phenoxy) is 2. The van der Waals surface area contributed by atoms with E-state index in [4.69, 9.17) is 21.1 Å². The van der Waals surface area contributed by atoms with Crippen molar-refractivity contribution in [3.05, 3.63) is 28.9 Å². The molecule has 1 aromatic carbocycles.